The van der Waals surface area contributed by atoms with E-state index in [4.69, 9.17) is 4.74 Å². The fraction of sp³-hybridized carbons (Fsp3) is 0.308. The molecule has 0 unspecified atom stereocenters. The van der Waals surface area contributed by atoms with Gasteiger partial charge in [-0.1, -0.05) is 24.8 Å². The first kappa shape index (κ1) is 13.3. The maximum atomic E-state index is 11.0. The molecule has 4 heteroatoms. The largest absolute Gasteiger partial charge is 0.490 e. The van der Waals surface area contributed by atoms with Gasteiger partial charge < -0.3 is 15.4 Å². The highest BCUT2D eigenvalue weighted by Crippen LogP contribution is 2.11. The summed E-state index contributed by atoms with van der Waals surface area (Å²) < 4.78 is 5.37. The lowest BCUT2D eigenvalue weighted by Crippen LogP contribution is -2.30. The first-order valence-electron chi connectivity index (χ1n) is 5.50. The third kappa shape index (κ3) is 5.17. The summed E-state index contributed by atoms with van der Waals surface area (Å²) in [6, 6.07) is 7.74. The Morgan fingerprint density at radius 3 is 2.71 bits per heavy atom. The number of carbonyl (C=O) groups is 1. The summed E-state index contributed by atoms with van der Waals surface area (Å²) in [4.78, 5) is 11.0. The molecule has 0 fully saturated rings. The number of hydrogen-bond acceptors (Lipinski definition) is 3. The molecular formula is C13H18N2O2. The molecule has 1 rings (SSSR count). The Labute approximate surface area is 102 Å². The molecule has 0 atom stereocenters. The highest BCUT2D eigenvalue weighted by molar-refractivity contribution is 5.77. The van der Waals surface area contributed by atoms with Crippen LogP contribution in [0.5, 0.6) is 5.75 Å². The van der Waals surface area contributed by atoms with Crippen molar-refractivity contribution in [2.24, 2.45) is 0 Å². The smallest absolute Gasteiger partial charge is 0.233 e. The summed E-state index contributed by atoms with van der Waals surface area (Å²) >= 11 is 0. The maximum absolute atomic E-state index is 11.0. The number of ether oxygens (including phenoxy) is 1. The molecule has 0 radical (unpaired) electrons. The average Bonchev–Trinajstić information content (AvgIpc) is 2.37. The van der Waals surface area contributed by atoms with Crippen LogP contribution in [0.4, 0.5) is 0 Å². The van der Waals surface area contributed by atoms with Crippen molar-refractivity contribution in [2.45, 2.75) is 6.54 Å². The zero-order valence-electron chi connectivity index (χ0n) is 10.0. The van der Waals surface area contributed by atoms with E-state index in [0.29, 0.717) is 19.7 Å². The van der Waals surface area contributed by atoms with Gasteiger partial charge >= 0.3 is 0 Å². The molecule has 0 aliphatic carbocycles. The van der Waals surface area contributed by atoms with E-state index in [1.54, 1.807) is 13.1 Å². The highest BCUT2D eigenvalue weighted by atomic mass is 16.5. The van der Waals surface area contributed by atoms with Crippen LogP contribution in [0.25, 0.3) is 0 Å². The minimum absolute atomic E-state index is 0.0177. The standard InChI is InChI=1S/C13H18N2O2/c1-3-8-17-12-6-4-11(5-7-12)9-15-10-13(16)14-2/h3-7,15H,1,8-10H2,2H3,(H,14,16). The number of hydrogen-bond donors (Lipinski definition) is 2. The van der Waals surface area contributed by atoms with E-state index in [9.17, 15) is 4.79 Å². The molecule has 0 aliphatic heterocycles. The predicted molar refractivity (Wildman–Crippen MR) is 67.9 cm³/mol. The first-order chi connectivity index (χ1) is 8.26. The summed E-state index contributed by atoms with van der Waals surface area (Å²) in [5.41, 5.74) is 1.11. The Morgan fingerprint density at radius 2 is 2.12 bits per heavy atom. The van der Waals surface area contributed by atoms with Crippen LogP contribution in [0, 0.1) is 0 Å². The number of likely N-dealkylation sites (N-methyl/N-ethyl adjacent to an activating group) is 1. The molecule has 0 saturated heterocycles. The van der Waals surface area contributed by atoms with Gasteiger partial charge in [0, 0.05) is 13.6 Å². The molecule has 0 heterocycles. The van der Waals surface area contributed by atoms with E-state index < -0.39 is 0 Å². The fourth-order valence-corrected chi connectivity index (χ4v) is 1.27. The van der Waals surface area contributed by atoms with Crippen molar-refractivity contribution in [3.8, 4) is 5.75 Å². The molecule has 1 aromatic carbocycles. The van der Waals surface area contributed by atoms with Crippen molar-refractivity contribution >= 4 is 5.91 Å². The number of rotatable bonds is 7. The number of nitrogens with one attached hydrogen (secondary N) is 2. The van der Waals surface area contributed by atoms with Crippen molar-refractivity contribution in [3.63, 3.8) is 0 Å². The zero-order chi connectivity index (χ0) is 12.5. The zero-order valence-corrected chi connectivity index (χ0v) is 10.0. The van der Waals surface area contributed by atoms with E-state index in [2.05, 4.69) is 17.2 Å². The Hall–Kier alpha value is -1.81. The molecule has 17 heavy (non-hydrogen) atoms. The lowest BCUT2D eigenvalue weighted by molar-refractivity contribution is -0.119. The van der Waals surface area contributed by atoms with Crippen molar-refractivity contribution in [1.29, 1.82) is 0 Å². The molecule has 1 amide bonds. The van der Waals surface area contributed by atoms with Crippen LogP contribution in [-0.2, 0) is 11.3 Å². The molecule has 0 saturated carbocycles. The van der Waals surface area contributed by atoms with Gasteiger partial charge in [0.15, 0.2) is 0 Å². The minimum atomic E-state index is -0.0177. The monoisotopic (exact) mass is 234 g/mol. The van der Waals surface area contributed by atoms with Gasteiger partial charge in [-0.3, -0.25) is 4.79 Å². The van der Waals surface area contributed by atoms with Gasteiger partial charge in [-0.2, -0.15) is 0 Å². The Bertz CT molecular complexity index is 360. The summed E-state index contributed by atoms with van der Waals surface area (Å²) in [5.74, 6) is 0.802. The lowest BCUT2D eigenvalue weighted by Gasteiger charge is -2.06. The molecule has 0 bridgehead atoms. The van der Waals surface area contributed by atoms with Crippen molar-refractivity contribution in [3.05, 3.63) is 42.5 Å². The van der Waals surface area contributed by atoms with E-state index in [1.807, 2.05) is 24.3 Å². The van der Waals surface area contributed by atoms with Crippen LogP contribution >= 0.6 is 0 Å². The molecular weight excluding hydrogens is 216 g/mol. The van der Waals surface area contributed by atoms with Gasteiger partial charge in [-0.15, -0.1) is 0 Å². The van der Waals surface area contributed by atoms with Crippen LogP contribution in [0.1, 0.15) is 5.56 Å². The van der Waals surface area contributed by atoms with Crippen molar-refractivity contribution in [2.75, 3.05) is 20.2 Å². The molecule has 92 valence electrons. The normalized spacial score (nSPS) is 9.71. The molecule has 1 aromatic rings. The first-order valence-corrected chi connectivity index (χ1v) is 5.50. The molecule has 0 aromatic heterocycles. The number of amides is 1. The van der Waals surface area contributed by atoms with Gasteiger partial charge in [0.1, 0.15) is 12.4 Å². The predicted octanol–water partition coefficient (Wildman–Crippen LogP) is 1.09. The number of carbonyl (C=O) groups excluding carboxylic acids is 1. The second-order valence-electron chi connectivity index (χ2n) is 3.52. The third-order valence-electron chi connectivity index (χ3n) is 2.18. The molecule has 2 N–H and O–H groups in total. The second-order valence-corrected chi connectivity index (χ2v) is 3.52. The van der Waals surface area contributed by atoms with Crippen molar-refractivity contribution < 1.29 is 9.53 Å². The average molecular weight is 234 g/mol. The van der Waals surface area contributed by atoms with Crippen LogP contribution in [0.2, 0.25) is 0 Å². The Morgan fingerprint density at radius 1 is 1.41 bits per heavy atom. The summed E-state index contributed by atoms with van der Waals surface area (Å²) in [6.07, 6.45) is 1.71. The third-order valence-corrected chi connectivity index (χ3v) is 2.18. The maximum Gasteiger partial charge on any atom is 0.233 e. The second kappa shape index (κ2) is 7.46. The van der Waals surface area contributed by atoms with Crippen LogP contribution in [-0.4, -0.2) is 26.1 Å². The molecule has 0 spiro atoms. The minimum Gasteiger partial charge on any atom is -0.490 e. The SMILES string of the molecule is C=CCOc1ccc(CNCC(=O)NC)cc1. The number of benzene rings is 1. The highest BCUT2D eigenvalue weighted by Gasteiger charge is 1.98. The van der Waals surface area contributed by atoms with E-state index in [1.165, 1.54) is 0 Å². The lowest BCUT2D eigenvalue weighted by atomic mass is 10.2. The molecule has 0 aliphatic rings. The van der Waals surface area contributed by atoms with Gasteiger partial charge in [0.25, 0.3) is 0 Å². The van der Waals surface area contributed by atoms with E-state index >= 15 is 0 Å². The van der Waals surface area contributed by atoms with E-state index in [-0.39, 0.29) is 5.91 Å². The Balaban J connectivity index is 2.34. The quantitative estimate of drug-likeness (QED) is 0.694. The van der Waals surface area contributed by atoms with Crippen molar-refractivity contribution in [1.82, 2.24) is 10.6 Å². The van der Waals surface area contributed by atoms with Crippen LogP contribution in [0.15, 0.2) is 36.9 Å². The van der Waals surface area contributed by atoms with Crippen LogP contribution in [0.3, 0.4) is 0 Å². The van der Waals surface area contributed by atoms with Gasteiger partial charge in [0.05, 0.1) is 6.54 Å². The van der Waals surface area contributed by atoms with Crippen LogP contribution < -0.4 is 15.4 Å². The summed E-state index contributed by atoms with van der Waals surface area (Å²) in [7, 11) is 1.62. The Kier molecular flexibility index (Phi) is 5.82. The summed E-state index contributed by atoms with van der Waals surface area (Å²) in [5, 5.41) is 5.60. The fourth-order valence-electron chi connectivity index (χ4n) is 1.27. The van der Waals surface area contributed by atoms with Gasteiger partial charge in [0.2, 0.25) is 5.91 Å². The summed E-state index contributed by atoms with van der Waals surface area (Å²) in [6.45, 7) is 5.08. The molecule has 4 nitrogen and oxygen atoms in total. The van der Waals surface area contributed by atoms with E-state index in [0.717, 1.165) is 11.3 Å². The topological polar surface area (TPSA) is 50.4 Å². The van der Waals surface area contributed by atoms with Gasteiger partial charge in [-0.05, 0) is 17.7 Å². The van der Waals surface area contributed by atoms with Gasteiger partial charge in [-0.25, -0.2) is 0 Å².